The second-order valence-corrected chi connectivity index (χ2v) is 5.29. The van der Waals surface area contributed by atoms with Crippen molar-refractivity contribution in [1.82, 2.24) is 4.90 Å². The molecule has 1 aromatic carbocycles. The van der Waals surface area contributed by atoms with E-state index in [1.807, 2.05) is 6.07 Å². The van der Waals surface area contributed by atoms with Gasteiger partial charge in [-0.15, -0.1) is 0 Å². The van der Waals surface area contributed by atoms with Gasteiger partial charge in [-0.3, -0.25) is 0 Å². The number of halogens is 1. The Bertz CT molecular complexity index is 395. The summed E-state index contributed by atoms with van der Waals surface area (Å²) in [6.07, 6.45) is 0. The number of piperazine rings is 1. The van der Waals surface area contributed by atoms with Crippen molar-refractivity contribution in [2.24, 2.45) is 0 Å². The Morgan fingerprint density at radius 2 is 1.83 bits per heavy atom. The summed E-state index contributed by atoms with van der Waals surface area (Å²) in [7, 11) is 0. The van der Waals surface area contributed by atoms with Crippen molar-refractivity contribution in [3.63, 3.8) is 0 Å². The summed E-state index contributed by atoms with van der Waals surface area (Å²) >= 11 is 0. The molecule has 3 heteroatoms. The van der Waals surface area contributed by atoms with Crippen LogP contribution in [-0.2, 0) is 0 Å². The van der Waals surface area contributed by atoms with Crippen LogP contribution in [0.1, 0.15) is 32.3 Å². The molecule has 100 valence electrons. The lowest BCUT2D eigenvalue weighted by molar-refractivity contribution is 0.270. The predicted octanol–water partition coefficient (Wildman–Crippen LogP) is 3.09. The van der Waals surface area contributed by atoms with Gasteiger partial charge in [-0.1, -0.05) is 26.8 Å². The van der Waals surface area contributed by atoms with Crippen LogP contribution >= 0.6 is 0 Å². The Balaban J connectivity index is 2.10. The lowest BCUT2D eigenvalue weighted by atomic mass is 10.0. The van der Waals surface area contributed by atoms with E-state index in [1.54, 1.807) is 6.07 Å². The van der Waals surface area contributed by atoms with E-state index in [9.17, 15) is 4.39 Å². The Hall–Kier alpha value is -1.09. The number of likely N-dealkylation sites (N-methyl/N-ethyl adjacent to an activating group) is 1. The lowest BCUT2D eigenvalue weighted by Crippen LogP contribution is -2.46. The van der Waals surface area contributed by atoms with Crippen molar-refractivity contribution >= 4 is 5.69 Å². The van der Waals surface area contributed by atoms with Gasteiger partial charge in [0, 0.05) is 26.2 Å². The first-order chi connectivity index (χ1) is 8.61. The van der Waals surface area contributed by atoms with Gasteiger partial charge in [-0.05, 0) is 30.2 Å². The molecule has 1 fully saturated rings. The molecule has 0 atom stereocenters. The van der Waals surface area contributed by atoms with Crippen molar-refractivity contribution in [3.05, 3.63) is 29.6 Å². The average Bonchev–Trinajstić information content (AvgIpc) is 2.38. The Morgan fingerprint density at radius 1 is 1.17 bits per heavy atom. The zero-order valence-corrected chi connectivity index (χ0v) is 11.6. The highest BCUT2D eigenvalue weighted by Gasteiger charge is 2.18. The minimum atomic E-state index is -0.0776. The fourth-order valence-electron chi connectivity index (χ4n) is 2.44. The predicted molar refractivity (Wildman–Crippen MR) is 74.8 cm³/mol. The van der Waals surface area contributed by atoms with E-state index >= 15 is 0 Å². The van der Waals surface area contributed by atoms with E-state index in [4.69, 9.17) is 0 Å². The molecule has 0 aliphatic carbocycles. The fraction of sp³-hybridized carbons (Fsp3) is 0.600. The third kappa shape index (κ3) is 2.83. The van der Waals surface area contributed by atoms with Crippen LogP contribution < -0.4 is 4.90 Å². The van der Waals surface area contributed by atoms with Crippen LogP contribution in [-0.4, -0.2) is 37.6 Å². The van der Waals surface area contributed by atoms with Crippen molar-refractivity contribution < 1.29 is 4.39 Å². The second-order valence-electron chi connectivity index (χ2n) is 5.29. The molecule has 0 radical (unpaired) electrons. The number of rotatable bonds is 3. The van der Waals surface area contributed by atoms with Crippen LogP contribution in [0.15, 0.2) is 18.2 Å². The largest absolute Gasteiger partial charge is 0.367 e. The number of hydrogen-bond donors (Lipinski definition) is 0. The van der Waals surface area contributed by atoms with Crippen LogP contribution in [0.5, 0.6) is 0 Å². The van der Waals surface area contributed by atoms with E-state index in [2.05, 4.69) is 36.6 Å². The van der Waals surface area contributed by atoms with Gasteiger partial charge in [0.05, 0.1) is 5.69 Å². The molecule has 18 heavy (non-hydrogen) atoms. The molecule has 1 aliphatic heterocycles. The molecule has 1 aromatic rings. The summed E-state index contributed by atoms with van der Waals surface area (Å²) in [6, 6.07) is 5.67. The maximum absolute atomic E-state index is 14.1. The first kappa shape index (κ1) is 13.3. The smallest absolute Gasteiger partial charge is 0.146 e. The molecule has 0 amide bonds. The molecule has 2 nitrogen and oxygen atoms in total. The van der Waals surface area contributed by atoms with Gasteiger partial charge in [0.15, 0.2) is 0 Å². The van der Waals surface area contributed by atoms with Crippen LogP contribution in [0, 0.1) is 5.82 Å². The van der Waals surface area contributed by atoms with Gasteiger partial charge in [0.25, 0.3) is 0 Å². The monoisotopic (exact) mass is 250 g/mol. The van der Waals surface area contributed by atoms with E-state index in [1.165, 1.54) is 0 Å². The summed E-state index contributed by atoms with van der Waals surface area (Å²) < 4.78 is 14.1. The quantitative estimate of drug-likeness (QED) is 0.813. The van der Waals surface area contributed by atoms with Crippen molar-refractivity contribution in [1.29, 1.82) is 0 Å². The SMILES string of the molecule is CCN1CCN(c2ccc(C(C)C)cc2F)CC1. The van der Waals surface area contributed by atoms with E-state index in [-0.39, 0.29) is 5.82 Å². The summed E-state index contributed by atoms with van der Waals surface area (Å²) in [5, 5.41) is 0. The zero-order chi connectivity index (χ0) is 13.1. The average molecular weight is 250 g/mol. The zero-order valence-electron chi connectivity index (χ0n) is 11.6. The van der Waals surface area contributed by atoms with Crippen LogP contribution in [0.2, 0.25) is 0 Å². The van der Waals surface area contributed by atoms with E-state index < -0.39 is 0 Å². The molecule has 0 aromatic heterocycles. The third-order valence-electron chi connectivity index (χ3n) is 3.80. The van der Waals surface area contributed by atoms with Crippen LogP contribution in [0.3, 0.4) is 0 Å². The molecule has 0 bridgehead atoms. The van der Waals surface area contributed by atoms with Crippen molar-refractivity contribution in [3.8, 4) is 0 Å². The van der Waals surface area contributed by atoms with Gasteiger partial charge in [0.2, 0.25) is 0 Å². The van der Waals surface area contributed by atoms with Gasteiger partial charge in [-0.2, -0.15) is 0 Å². The lowest BCUT2D eigenvalue weighted by Gasteiger charge is -2.35. The summed E-state index contributed by atoms with van der Waals surface area (Å²) in [6.45, 7) is 11.3. The summed E-state index contributed by atoms with van der Waals surface area (Å²) in [4.78, 5) is 4.56. The molecule has 1 saturated heterocycles. The molecule has 0 saturated carbocycles. The third-order valence-corrected chi connectivity index (χ3v) is 3.80. The van der Waals surface area contributed by atoms with Gasteiger partial charge in [0.1, 0.15) is 5.82 Å². The maximum atomic E-state index is 14.1. The highest BCUT2D eigenvalue weighted by atomic mass is 19.1. The topological polar surface area (TPSA) is 6.48 Å². The molecular formula is C15H23FN2. The summed E-state index contributed by atoms with van der Waals surface area (Å²) in [5.41, 5.74) is 1.83. The number of nitrogens with zero attached hydrogens (tertiary/aromatic N) is 2. The highest BCUT2D eigenvalue weighted by molar-refractivity contribution is 5.50. The molecule has 0 spiro atoms. The van der Waals surface area contributed by atoms with Crippen molar-refractivity contribution in [2.45, 2.75) is 26.7 Å². The standard InChI is InChI=1S/C15H23FN2/c1-4-17-7-9-18(10-8-17)15-6-5-13(12(2)3)11-14(15)16/h5-6,11-12H,4,7-10H2,1-3H3. The first-order valence-electron chi connectivity index (χ1n) is 6.88. The molecule has 0 N–H and O–H groups in total. The van der Waals surface area contributed by atoms with Gasteiger partial charge in [-0.25, -0.2) is 4.39 Å². The number of hydrogen-bond acceptors (Lipinski definition) is 2. The van der Waals surface area contributed by atoms with Crippen LogP contribution in [0.25, 0.3) is 0 Å². The highest BCUT2D eigenvalue weighted by Crippen LogP contribution is 2.25. The van der Waals surface area contributed by atoms with Gasteiger partial charge >= 0.3 is 0 Å². The number of anilines is 1. The fourth-order valence-corrected chi connectivity index (χ4v) is 2.44. The first-order valence-corrected chi connectivity index (χ1v) is 6.88. The molecule has 0 unspecified atom stereocenters. The Kier molecular flexibility index (Phi) is 4.23. The maximum Gasteiger partial charge on any atom is 0.146 e. The Labute approximate surface area is 109 Å². The van der Waals surface area contributed by atoms with Crippen molar-refractivity contribution in [2.75, 3.05) is 37.6 Å². The van der Waals surface area contributed by atoms with Gasteiger partial charge < -0.3 is 9.80 Å². The van der Waals surface area contributed by atoms with E-state index in [0.29, 0.717) is 5.92 Å². The van der Waals surface area contributed by atoms with E-state index in [0.717, 1.165) is 44.0 Å². The molecule has 2 rings (SSSR count). The minimum Gasteiger partial charge on any atom is -0.367 e. The normalized spacial score (nSPS) is 17.5. The molecule has 1 heterocycles. The van der Waals surface area contributed by atoms with Crippen LogP contribution in [0.4, 0.5) is 10.1 Å². The number of benzene rings is 1. The molecule has 1 aliphatic rings. The summed E-state index contributed by atoms with van der Waals surface area (Å²) in [5.74, 6) is 0.302. The second kappa shape index (κ2) is 5.70. The molecular weight excluding hydrogens is 227 g/mol. The minimum absolute atomic E-state index is 0.0776. The Morgan fingerprint density at radius 3 is 2.33 bits per heavy atom.